The molecule has 0 amide bonds. The van der Waals surface area contributed by atoms with Crippen molar-refractivity contribution < 1.29 is 41.3 Å². The first kappa shape index (κ1) is 12.2. The Hall–Kier alpha value is -0.510. The number of H-pyrrole nitrogens is 1. The molecule has 0 aromatic carbocycles. The summed E-state index contributed by atoms with van der Waals surface area (Å²) in [5.41, 5.74) is 0. The van der Waals surface area contributed by atoms with Gasteiger partial charge in [-0.25, -0.2) is 0 Å². The van der Waals surface area contributed by atoms with E-state index in [0.717, 1.165) is 0 Å². The molecule has 0 aliphatic heterocycles. The maximum absolute atomic E-state index is 9.68. The van der Waals surface area contributed by atoms with Gasteiger partial charge in [-0.2, -0.15) is 0 Å². The Labute approximate surface area is 78.2 Å². The van der Waals surface area contributed by atoms with E-state index in [1.807, 2.05) is 5.21 Å². The minimum Gasteiger partial charge on any atom is -1.00 e. The second-order valence-electron chi connectivity index (χ2n) is 0.969. The van der Waals surface area contributed by atoms with E-state index in [2.05, 4.69) is 15.4 Å². The Balaban J connectivity index is 0. The molecule has 0 saturated carbocycles. The predicted molar refractivity (Wildman–Crippen MR) is 23.6 cm³/mol. The van der Waals surface area contributed by atoms with Gasteiger partial charge in [0.15, 0.2) is 0 Å². The molecule has 0 aliphatic carbocycles. The third-order valence-corrected chi connectivity index (χ3v) is 0.497. The fourth-order valence-electron chi connectivity index (χ4n) is 0.234. The van der Waals surface area contributed by atoms with Crippen molar-refractivity contribution in [2.45, 2.75) is 0 Å². The summed E-state index contributed by atoms with van der Waals surface area (Å²) in [4.78, 5) is 8.95. The molecule has 1 N–H and O–H groups in total. The quantitative estimate of drug-likeness (QED) is 0.313. The molecule has 1 aromatic heterocycles. The summed E-state index contributed by atoms with van der Waals surface area (Å²) in [5.74, 6) is -0.509. The first-order valence-corrected chi connectivity index (χ1v) is 1.68. The van der Waals surface area contributed by atoms with Crippen LogP contribution in [0.1, 0.15) is 0 Å². The van der Waals surface area contributed by atoms with Gasteiger partial charge in [0.25, 0.3) is 0 Å². The molecule has 1 rings (SSSR count). The number of aromatic amines is 1. The highest BCUT2D eigenvalue weighted by molar-refractivity contribution is 4.91. The van der Waals surface area contributed by atoms with E-state index >= 15 is 0 Å². The molecule has 58 valence electrons. The summed E-state index contributed by atoms with van der Waals surface area (Å²) < 4.78 is 0. The van der Waals surface area contributed by atoms with Gasteiger partial charge in [0.1, 0.15) is 0 Å². The Kier molecular flexibility index (Phi) is 6.45. The number of hydrogen-bond acceptors (Lipinski definition) is 5. The fraction of sp³-hybridized carbons (Fsp3) is 0. The number of nitro groups is 1. The molecule has 10 heavy (non-hydrogen) atoms. The molecule has 0 saturated heterocycles. The van der Waals surface area contributed by atoms with E-state index in [1.165, 1.54) is 0 Å². The van der Waals surface area contributed by atoms with Crippen LogP contribution in [0.4, 0.5) is 5.95 Å². The topological polar surface area (TPSA) is 97.6 Å². The van der Waals surface area contributed by atoms with Crippen molar-refractivity contribution in [3.8, 4) is 0 Å². The zero-order valence-corrected chi connectivity index (χ0v) is 7.74. The van der Waals surface area contributed by atoms with Crippen molar-refractivity contribution >= 4 is 5.95 Å². The highest BCUT2D eigenvalue weighted by atomic mass is 127. The highest BCUT2D eigenvalue weighted by Gasteiger charge is 2.08. The molecule has 0 spiro atoms. The first-order chi connectivity index (χ1) is 3.80. The number of hydrogen-bond donors (Lipinski definition) is 1. The van der Waals surface area contributed by atoms with Crippen LogP contribution in [0.15, 0.2) is 0 Å². The lowest BCUT2D eigenvalue weighted by atomic mass is 11.1. The summed E-state index contributed by atoms with van der Waals surface area (Å²) in [6.45, 7) is 0. The van der Waals surface area contributed by atoms with Crippen molar-refractivity contribution in [1.82, 2.24) is 20.6 Å². The molecule has 9 heteroatoms. The van der Waals surface area contributed by atoms with Gasteiger partial charge in [-0.15, -0.1) is 0 Å². The second kappa shape index (κ2) is 5.29. The summed E-state index contributed by atoms with van der Waals surface area (Å²) >= 11 is 0. The zero-order chi connectivity index (χ0) is 5.98. The second-order valence-corrected chi connectivity index (χ2v) is 0.969. The summed E-state index contributed by atoms with van der Waals surface area (Å²) in [6, 6.07) is 0. The van der Waals surface area contributed by atoms with Crippen molar-refractivity contribution in [3.63, 3.8) is 0 Å². The van der Waals surface area contributed by atoms with E-state index in [0.29, 0.717) is 0 Å². The molecule has 0 atom stereocenters. The number of rotatable bonds is 1. The minimum absolute atomic E-state index is 0. The molecular formula is CH3ClIN5O2. The Morgan fingerprint density at radius 3 is 2.40 bits per heavy atom. The van der Waals surface area contributed by atoms with Crippen molar-refractivity contribution in [3.05, 3.63) is 10.1 Å². The number of halogens is 2. The Bertz CT molecular complexity index is 188. The molecule has 1 heterocycles. The van der Waals surface area contributed by atoms with Crippen molar-refractivity contribution in [2.24, 2.45) is 0 Å². The largest absolute Gasteiger partial charge is 1.00 e. The summed E-state index contributed by atoms with van der Waals surface area (Å²) in [5, 5.41) is 20.7. The van der Waals surface area contributed by atoms with Gasteiger partial charge in [-0.05, 0) is 4.92 Å². The van der Waals surface area contributed by atoms with Crippen LogP contribution in [0.5, 0.6) is 0 Å². The van der Waals surface area contributed by atoms with Crippen LogP contribution in [-0.4, -0.2) is 25.5 Å². The molecular weight excluding hydrogens is 276 g/mol. The lowest BCUT2D eigenvalue weighted by molar-refractivity contribution is -0.394. The molecule has 0 radical (unpaired) electrons. The Morgan fingerprint density at radius 2 is 2.20 bits per heavy atom. The van der Waals surface area contributed by atoms with E-state index < -0.39 is 10.9 Å². The van der Waals surface area contributed by atoms with Crippen molar-refractivity contribution in [1.29, 1.82) is 0 Å². The normalized spacial score (nSPS) is 7.20. The molecule has 7 nitrogen and oxygen atoms in total. The van der Waals surface area contributed by atoms with E-state index in [-0.39, 0.29) is 36.4 Å². The number of tetrazole rings is 1. The summed E-state index contributed by atoms with van der Waals surface area (Å²) in [6.07, 6.45) is 0. The molecule has 0 unspecified atom stereocenters. The van der Waals surface area contributed by atoms with Crippen LogP contribution in [0.3, 0.4) is 0 Å². The van der Waals surface area contributed by atoms with Crippen LogP contribution >= 0.6 is 0 Å². The third-order valence-electron chi connectivity index (χ3n) is 0.497. The number of aromatic nitrogens is 4. The van der Waals surface area contributed by atoms with Crippen LogP contribution in [-0.2, 0) is 0 Å². The third kappa shape index (κ3) is 2.87. The fourth-order valence-corrected chi connectivity index (χ4v) is 0.234. The minimum atomic E-state index is -0.733. The van der Waals surface area contributed by atoms with Crippen LogP contribution < -0.4 is 36.4 Å². The number of nitrogens with zero attached hydrogens (tertiary/aromatic N) is 4. The molecule has 0 bridgehead atoms. The average molecular weight is 279 g/mol. The van der Waals surface area contributed by atoms with E-state index in [1.54, 1.807) is 0 Å². The van der Waals surface area contributed by atoms with Gasteiger partial charge >= 0.3 is 5.95 Å². The van der Waals surface area contributed by atoms with Gasteiger partial charge in [-0.1, -0.05) is 5.21 Å². The van der Waals surface area contributed by atoms with Gasteiger partial charge in [0.05, 0.1) is 5.10 Å². The summed E-state index contributed by atoms with van der Waals surface area (Å²) in [7, 11) is 0. The first-order valence-electron chi connectivity index (χ1n) is 1.68. The molecule has 0 fully saturated rings. The molecule has 1 aromatic rings. The highest BCUT2D eigenvalue weighted by Crippen LogP contribution is 1.91. The van der Waals surface area contributed by atoms with Crippen molar-refractivity contribution in [2.75, 3.05) is 0 Å². The van der Waals surface area contributed by atoms with Gasteiger partial charge in [0, 0.05) is 10.3 Å². The van der Waals surface area contributed by atoms with Gasteiger partial charge < -0.3 is 22.5 Å². The number of nitrogens with one attached hydrogen (secondary N) is 1. The Morgan fingerprint density at radius 1 is 1.60 bits per heavy atom. The van der Waals surface area contributed by atoms with Gasteiger partial charge in [0.2, 0.25) is 24.0 Å². The van der Waals surface area contributed by atoms with Crippen LogP contribution in [0.2, 0.25) is 0 Å². The predicted octanol–water partition coefficient (Wildman–Crippen LogP) is -7.42. The maximum Gasteiger partial charge on any atom is 0.514 e. The maximum atomic E-state index is 9.68. The van der Waals surface area contributed by atoms with Gasteiger partial charge in [-0.3, -0.25) is 0 Å². The smallest absolute Gasteiger partial charge is 0.514 e. The lowest BCUT2D eigenvalue weighted by Crippen LogP contribution is -3.00. The van der Waals surface area contributed by atoms with Crippen LogP contribution in [0.25, 0.3) is 0 Å². The SMILES string of the molecule is O=[N+]([O-])c1nn[nH]n1.[Cl-].[IH2+]. The average Bonchev–Trinajstić information content (AvgIpc) is 2.12. The lowest BCUT2D eigenvalue weighted by Gasteiger charge is -1.79. The van der Waals surface area contributed by atoms with E-state index in [4.69, 9.17) is 0 Å². The molecule has 0 aliphatic rings. The standard InChI is InChI=1S/CHN5O2.ClH.H2I/c7-6(8)1-2-4-5-3-1;;/h(H,2,3,4,5);1H;1H2/q;;+1/p-1. The zero-order valence-electron chi connectivity index (χ0n) is 4.43. The monoisotopic (exact) mass is 279 g/mol. The van der Waals surface area contributed by atoms with Crippen LogP contribution in [0, 0.1) is 10.1 Å². The van der Waals surface area contributed by atoms with E-state index in [9.17, 15) is 10.1 Å².